The van der Waals surface area contributed by atoms with Gasteiger partial charge in [-0.25, -0.2) is 13.1 Å². The molecule has 1 amide bonds. The average Bonchev–Trinajstić information content (AvgIpc) is 3.42. The van der Waals surface area contributed by atoms with Crippen LogP contribution in [0.25, 0.3) is 0 Å². The van der Waals surface area contributed by atoms with Gasteiger partial charge in [-0.1, -0.05) is 6.07 Å². The van der Waals surface area contributed by atoms with E-state index in [1.165, 1.54) is 12.1 Å². The molecule has 1 saturated heterocycles. The molecule has 1 aliphatic heterocycles. The van der Waals surface area contributed by atoms with E-state index in [4.69, 9.17) is 4.74 Å². The summed E-state index contributed by atoms with van der Waals surface area (Å²) in [5.41, 5.74) is 0.109. The molecule has 2 aliphatic rings. The first-order valence-electron chi connectivity index (χ1n) is 9.88. The molecule has 2 N–H and O–H groups in total. The SMILES string of the molecule is CC1CN(C(C)(C)CNC(=O)c2cccc(S(=O)(=O)NC3CC3)c2)CC(C)O1. The van der Waals surface area contributed by atoms with E-state index in [-0.39, 0.29) is 34.6 Å². The Morgan fingerprint density at radius 3 is 2.46 bits per heavy atom. The highest BCUT2D eigenvalue weighted by Crippen LogP contribution is 2.23. The van der Waals surface area contributed by atoms with Gasteiger partial charge in [0.2, 0.25) is 10.0 Å². The number of benzene rings is 1. The van der Waals surface area contributed by atoms with E-state index in [0.29, 0.717) is 12.1 Å². The first kappa shape index (κ1) is 21.2. The van der Waals surface area contributed by atoms with Gasteiger partial charge in [0.05, 0.1) is 17.1 Å². The zero-order valence-electron chi connectivity index (χ0n) is 17.1. The lowest BCUT2D eigenvalue weighted by atomic mass is 10.00. The van der Waals surface area contributed by atoms with Crippen molar-refractivity contribution in [3.63, 3.8) is 0 Å². The molecule has 2 unspecified atom stereocenters. The number of carbonyl (C=O) groups excluding carboxylic acids is 1. The number of amides is 1. The van der Waals surface area contributed by atoms with Crippen molar-refractivity contribution in [1.82, 2.24) is 14.9 Å². The summed E-state index contributed by atoms with van der Waals surface area (Å²) >= 11 is 0. The number of morpholine rings is 1. The Labute approximate surface area is 167 Å². The molecule has 0 bridgehead atoms. The molecule has 28 heavy (non-hydrogen) atoms. The third-order valence-corrected chi connectivity index (χ3v) is 6.78. The van der Waals surface area contributed by atoms with Gasteiger partial charge >= 0.3 is 0 Å². The number of nitrogens with zero attached hydrogens (tertiary/aromatic N) is 1. The molecule has 1 aromatic carbocycles. The van der Waals surface area contributed by atoms with Gasteiger partial charge in [-0.2, -0.15) is 0 Å². The number of rotatable bonds is 7. The van der Waals surface area contributed by atoms with E-state index in [1.54, 1.807) is 12.1 Å². The first-order valence-corrected chi connectivity index (χ1v) is 11.4. The summed E-state index contributed by atoms with van der Waals surface area (Å²) in [6.45, 7) is 10.4. The Kier molecular flexibility index (Phi) is 6.14. The number of nitrogens with one attached hydrogen (secondary N) is 2. The smallest absolute Gasteiger partial charge is 0.251 e. The number of sulfonamides is 1. The van der Waals surface area contributed by atoms with E-state index < -0.39 is 10.0 Å². The topological polar surface area (TPSA) is 87.7 Å². The van der Waals surface area contributed by atoms with Gasteiger partial charge in [0, 0.05) is 36.8 Å². The fourth-order valence-electron chi connectivity index (χ4n) is 3.48. The summed E-state index contributed by atoms with van der Waals surface area (Å²) < 4.78 is 33.2. The quantitative estimate of drug-likeness (QED) is 0.716. The third kappa shape index (κ3) is 5.31. The van der Waals surface area contributed by atoms with Crippen LogP contribution in [0.4, 0.5) is 0 Å². The molecule has 1 aromatic rings. The maximum absolute atomic E-state index is 12.6. The van der Waals surface area contributed by atoms with E-state index in [9.17, 15) is 13.2 Å². The first-order chi connectivity index (χ1) is 13.1. The van der Waals surface area contributed by atoms with Crippen molar-refractivity contribution in [3.05, 3.63) is 29.8 Å². The van der Waals surface area contributed by atoms with Crippen LogP contribution in [0.5, 0.6) is 0 Å². The second-order valence-corrected chi connectivity index (χ2v) is 10.3. The summed E-state index contributed by atoms with van der Waals surface area (Å²) in [5, 5.41) is 2.96. The van der Waals surface area contributed by atoms with Crippen LogP contribution in [0.2, 0.25) is 0 Å². The van der Waals surface area contributed by atoms with Gasteiger partial charge < -0.3 is 10.1 Å². The minimum absolute atomic E-state index is 0.0292. The van der Waals surface area contributed by atoms with Crippen molar-refractivity contribution in [2.24, 2.45) is 0 Å². The van der Waals surface area contributed by atoms with Gasteiger partial charge in [0.25, 0.3) is 5.91 Å². The van der Waals surface area contributed by atoms with Gasteiger partial charge in [-0.15, -0.1) is 0 Å². The standard InChI is InChI=1S/C20H31N3O4S/c1-14-11-23(12-15(2)27-14)20(3,4)13-21-19(24)16-6-5-7-18(10-16)28(25,26)22-17-8-9-17/h5-7,10,14-15,17,22H,8-9,11-13H2,1-4H3,(H,21,24). The highest BCUT2D eigenvalue weighted by molar-refractivity contribution is 7.89. The molecule has 1 saturated carbocycles. The molecule has 2 fully saturated rings. The number of ether oxygens (including phenoxy) is 1. The number of carbonyl (C=O) groups is 1. The normalized spacial score (nSPS) is 24.1. The van der Waals surface area contributed by atoms with Crippen molar-refractivity contribution in [2.45, 2.75) is 69.2 Å². The summed E-state index contributed by atoms with van der Waals surface area (Å²) in [5.74, 6) is -0.272. The van der Waals surface area contributed by atoms with Crippen molar-refractivity contribution in [3.8, 4) is 0 Å². The Hall–Kier alpha value is -1.48. The lowest BCUT2D eigenvalue weighted by Gasteiger charge is -2.45. The van der Waals surface area contributed by atoms with Crippen molar-refractivity contribution >= 4 is 15.9 Å². The molecule has 0 radical (unpaired) electrons. The minimum atomic E-state index is -3.58. The monoisotopic (exact) mass is 409 g/mol. The maximum atomic E-state index is 12.6. The molecule has 2 atom stereocenters. The lowest BCUT2D eigenvalue weighted by molar-refractivity contribution is -0.0948. The van der Waals surface area contributed by atoms with E-state index >= 15 is 0 Å². The summed E-state index contributed by atoms with van der Waals surface area (Å²) in [6.07, 6.45) is 2.04. The number of hydrogen-bond acceptors (Lipinski definition) is 5. The van der Waals surface area contributed by atoms with Gasteiger partial charge in [-0.05, 0) is 58.7 Å². The van der Waals surface area contributed by atoms with Gasteiger partial charge in [0.1, 0.15) is 0 Å². The van der Waals surface area contributed by atoms with E-state index in [0.717, 1.165) is 25.9 Å². The second kappa shape index (κ2) is 8.10. The summed E-state index contributed by atoms with van der Waals surface area (Å²) in [4.78, 5) is 15.1. The molecule has 3 rings (SSSR count). The van der Waals surface area contributed by atoms with Gasteiger partial charge in [-0.3, -0.25) is 9.69 Å². The molecule has 7 nitrogen and oxygen atoms in total. The van der Waals surface area contributed by atoms with Crippen molar-refractivity contribution in [1.29, 1.82) is 0 Å². The highest BCUT2D eigenvalue weighted by Gasteiger charge is 2.33. The zero-order valence-corrected chi connectivity index (χ0v) is 17.9. The fraction of sp³-hybridized carbons (Fsp3) is 0.650. The molecule has 8 heteroatoms. The summed E-state index contributed by atoms with van der Waals surface area (Å²) in [6, 6.07) is 6.22. The van der Waals surface area contributed by atoms with Gasteiger partial charge in [0.15, 0.2) is 0 Å². The van der Waals surface area contributed by atoms with E-state index in [2.05, 4.69) is 42.6 Å². The lowest BCUT2D eigenvalue weighted by Crippen LogP contribution is -2.58. The molecular formula is C20H31N3O4S. The predicted molar refractivity (Wildman–Crippen MR) is 108 cm³/mol. The van der Waals surface area contributed by atoms with Crippen LogP contribution in [0.1, 0.15) is 50.9 Å². The molecule has 156 valence electrons. The van der Waals surface area contributed by atoms with Crippen LogP contribution in [0.3, 0.4) is 0 Å². The Bertz CT molecular complexity index is 810. The molecule has 0 aromatic heterocycles. The Morgan fingerprint density at radius 2 is 1.86 bits per heavy atom. The highest BCUT2D eigenvalue weighted by atomic mass is 32.2. The predicted octanol–water partition coefficient (Wildman–Crippen LogP) is 1.74. The van der Waals surface area contributed by atoms with Crippen LogP contribution in [0.15, 0.2) is 29.2 Å². The average molecular weight is 410 g/mol. The fourth-order valence-corrected chi connectivity index (χ4v) is 4.83. The third-order valence-electron chi connectivity index (χ3n) is 5.26. The van der Waals surface area contributed by atoms with Crippen LogP contribution in [-0.4, -0.2) is 62.6 Å². The van der Waals surface area contributed by atoms with Crippen LogP contribution < -0.4 is 10.0 Å². The van der Waals surface area contributed by atoms with Crippen molar-refractivity contribution < 1.29 is 17.9 Å². The Morgan fingerprint density at radius 1 is 1.21 bits per heavy atom. The largest absolute Gasteiger partial charge is 0.373 e. The second-order valence-electron chi connectivity index (χ2n) is 8.58. The number of hydrogen-bond donors (Lipinski definition) is 2. The minimum Gasteiger partial charge on any atom is -0.373 e. The molecule has 1 heterocycles. The summed E-state index contributed by atoms with van der Waals surface area (Å²) in [7, 11) is -3.58. The van der Waals surface area contributed by atoms with Crippen LogP contribution in [-0.2, 0) is 14.8 Å². The maximum Gasteiger partial charge on any atom is 0.251 e. The van der Waals surface area contributed by atoms with Crippen LogP contribution >= 0.6 is 0 Å². The van der Waals surface area contributed by atoms with Crippen LogP contribution in [0, 0.1) is 0 Å². The molecule has 0 spiro atoms. The zero-order chi connectivity index (χ0) is 20.5. The molecular weight excluding hydrogens is 378 g/mol. The van der Waals surface area contributed by atoms with Crippen molar-refractivity contribution in [2.75, 3.05) is 19.6 Å². The Balaban J connectivity index is 1.63. The molecule has 1 aliphatic carbocycles. The van der Waals surface area contributed by atoms with E-state index in [1.807, 2.05) is 0 Å².